The normalized spacial score (nSPS) is 52.3. The van der Waals surface area contributed by atoms with Gasteiger partial charge in [0, 0.05) is 0 Å². The van der Waals surface area contributed by atoms with Crippen molar-refractivity contribution >= 4 is 0 Å². The highest BCUT2D eigenvalue weighted by Gasteiger charge is 2.64. The van der Waals surface area contributed by atoms with Crippen LogP contribution >= 0.6 is 0 Å². The number of ether oxygens (including phenoxy) is 9. The summed E-state index contributed by atoms with van der Waals surface area (Å²) >= 11 is 0. The molecule has 0 bridgehead atoms. The first-order valence-electron chi connectivity index (χ1n) is 17.5. The minimum atomic E-state index is -2.69. The topological polar surface area (TPSA) is 427 Å². The van der Waals surface area contributed by atoms with E-state index in [2.05, 4.69) is 0 Å². The van der Waals surface area contributed by atoms with Crippen LogP contribution in [-0.4, -0.2) is 273 Å². The lowest BCUT2D eigenvalue weighted by atomic mass is 9.99. The Kier molecular flexibility index (Phi) is 14.7. The Labute approximate surface area is 316 Å². The molecule has 5 aliphatic rings. The molecule has 5 rings (SSSR count). The fourth-order valence-electron chi connectivity index (χ4n) is 7.16. The van der Waals surface area contributed by atoms with Crippen LogP contribution in [0, 0.1) is 0 Å². The van der Waals surface area contributed by atoms with Crippen LogP contribution in [0.15, 0.2) is 0 Å². The molecule has 21 atom stereocenters. The first-order chi connectivity index (χ1) is 26.4. The molecule has 56 heavy (non-hydrogen) atoms. The fraction of sp³-hybridized carbons (Fsp3) is 1.00. The fourth-order valence-corrected chi connectivity index (χ4v) is 7.16. The summed E-state index contributed by atoms with van der Waals surface area (Å²) in [6.45, 7) is -9.08. The van der Waals surface area contributed by atoms with Crippen LogP contribution in [0.4, 0.5) is 0 Å². The number of hydrogen-bond donors (Lipinski definition) is 17. The van der Waals surface area contributed by atoms with Gasteiger partial charge in [0.05, 0.1) is 33.0 Å². The van der Waals surface area contributed by atoms with Crippen molar-refractivity contribution in [2.45, 2.75) is 127 Å². The molecule has 0 aromatic heterocycles. The van der Waals surface area contributed by atoms with Gasteiger partial charge in [0.1, 0.15) is 124 Å². The van der Waals surface area contributed by atoms with Crippen molar-refractivity contribution in [3.05, 3.63) is 0 Å². The van der Waals surface area contributed by atoms with E-state index >= 15 is 0 Å². The van der Waals surface area contributed by atoms with Crippen LogP contribution in [0.25, 0.3) is 0 Å². The summed E-state index contributed by atoms with van der Waals surface area (Å²) in [6.07, 6.45) is -31.7. The van der Waals surface area contributed by atoms with Crippen LogP contribution in [0.5, 0.6) is 0 Å². The molecular formula is C30H52O26. The molecule has 0 amide bonds. The van der Waals surface area contributed by atoms with Gasteiger partial charge in [0.25, 0.3) is 0 Å². The van der Waals surface area contributed by atoms with Crippen molar-refractivity contribution in [1.29, 1.82) is 0 Å². The largest absolute Gasteiger partial charge is 0.394 e. The molecule has 0 aromatic rings. The quantitative estimate of drug-likeness (QED) is 0.0647. The van der Waals surface area contributed by atoms with Crippen molar-refractivity contribution in [2.75, 3.05) is 59.5 Å². The molecule has 6 unspecified atom stereocenters. The van der Waals surface area contributed by atoms with Crippen molar-refractivity contribution in [3.8, 4) is 0 Å². The highest BCUT2D eigenvalue weighted by atomic mass is 16.8. The van der Waals surface area contributed by atoms with Gasteiger partial charge < -0.3 is 129 Å². The van der Waals surface area contributed by atoms with Crippen molar-refractivity contribution in [2.24, 2.45) is 0 Å². The summed E-state index contributed by atoms with van der Waals surface area (Å²) < 4.78 is 49.8. The third-order valence-electron chi connectivity index (χ3n) is 10.7. The second-order valence-electron chi connectivity index (χ2n) is 14.2. The summed E-state index contributed by atoms with van der Waals surface area (Å²) in [7, 11) is 0. The molecule has 26 heteroatoms. The minimum Gasteiger partial charge on any atom is -0.394 e. The smallest absolute Gasteiger partial charge is 0.224 e. The van der Waals surface area contributed by atoms with E-state index < -0.39 is 187 Å². The minimum absolute atomic E-state index is 0.805. The molecule has 0 aromatic carbocycles. The van der Waals surface area contributed by atoms with E-state index in [9.17, 15) is 86.8 Å². The van der Waals surface area contributed by atoms with E-state index in [1.54, 1.807) is 0 Å². The van der Waals surface area contributed by atoms with Gasteiger partial charge in [-0.15, -0.1) is 0 Å². The van der Waals surface area contributed by atoms with Crippen LogP contribution in [-0.2, 0) is 42.6 Å². The first kappa shape index (κ1) is 46.0. The molecular weight excluding hydrogens is 776 g/mol. The van der Waals surface area contributed by atoms with Crippen molar-refractivity contribution in [3.63, 3.8) is 0 Å². The lowest BCUT2D eigenvalue weighted by Crippen LogP contribution is -2.62. The van der Waals surface area contributed by atoms with E-state index in [0.717, 1.165) is 0 Å². The molecule has 328 valence electrons. The van der Waals surface area contributed by atoms with Gasteiger partial charge in [-0.3, -0.25) is 0 Å². The molecule has 0 radical (unpaired) electrons. The third kappa shape index (κ3) is 7.97. The van der Waals surface area contributed by atoms with Gasteiger partial charge >= 0.3 is 0 Å². The first-order valence-corrected chi connectivity index (χ1v) is 17.5. The number of rotatable bonds is 17. The average Bonchev–Trinajstić information content (AvgIpc) is 3.80. The monoisotopic (exact) mass is 828 g/mol. The van der Waals surface area contributed by atoms with E-state index in [4.69, 9.17) is 42.6 Å². The van der Waals surface area contributed by atoms with E-state index in [0.29, 0.717) is 0 Å². The zero-order valence-electron chi connectivity index (χ0n) is 29.5. The predicted octanol–water partition coefficient (Wildman–Crippen LogP) is -11.9. The Hall–Kier alpha value is -1.04. The van der Waals surface area contributed by atoms with E-state index in [1.807, 2.05) is 0 Å². The number of aliphatic hydroxyl groups is 17. The summed E-state index contributed by atoms with van der Waals surface area (Å²) in [5.41, 5.74) is 0. The lowest BCUT2D eigenvalue weighted by Gasteiger charge is -2.43. The maximum Gasteiger partial charge on any atom is 0.224 e. The Bertz CT molecular complexity index is 1270. The Balaban J connectivity index is 1.38. The molecule has 26 nitrogen and oxygen atoms in total. The van der Waals surface area contributed by atoms with Gasteiger partial charge in [0.15, 0.2) is 6.29 Å². The highest BCUT2D eigenvalue weighted by Crippen LogP contribution is 2.42. The summed E-state index contributed by atoms with van der Waals surface area (Å²) in [6, 6.07) is 0. The Morgan fingerprint density at radius 2 is 0.750 bits per heavy atom. The summed E-state index contributed by atoms with van der Waals surface area (Å²) in [5.74, 6) is -10.2. The van der Waals surface area contributed by atoms with Crippen LogP contribution in [0.1, 0.15) is 0 Å². The standard InChI is InChI=1S/C30H52O26/c31-1-10-15(37)20(42)21(43)26(51-10)56-29(8-36)24(46)18(40)13(54-29)5-49-30(9-50-28(7-35)23(45)17(39)12(3-33)53-28)25(47)19(41)14(55-30)4-48-27(6-34)22(44)16(38)11(2-32)52-27/h10-26,31-47H,1-9H2/t10?,11-,12-,13-,14-,15-,16+,17+,18+,19+,20-,21?,22?,23?,24?,25?,26-,27-,28-,29+,30-/m1/s1. The second-order valence-corrected chi connectivity index (χ2v) is 14.2. The van der Waals surface area contributed by atoms with Gasteiger partial charge in [-0.1, -0.05) is 0 Å². The van der Waals surface area contributed by atoms with Crippen LogP contribution < -0.4 is 0 Å². The van der Waals surface area contributed by atoms with Gasteiger partial charge in [-0.05, 0) is 0 Å². The zero-order valence-corrected chi connectivity index (χ0v) is 29.5. The number of aliphatic hydroxyl groups excluding tert-OH is 17. The highest BCUT2D eigenvalue weighted by molar-refractivity contribution is 5.04. The van der Waals surface area contributed by atoms with Gasteiger partial charge in [-0.2, -0.15) is 0 Å². The Morgan fingerprint density at radius 1 is 0.375 bits per heavy atom. The van der Waals surface area contributed by atoms with Crippen molar-refractivity contribution in [1.82, 2.24) is 0 Å². The molecule has 5 saturated heterocycles. The summed E-state index contributed by atoms with van der Waals surface area (Å²) in [4.78, 5) is 0. The molecule has 5 heterocycles. The van der Waals surface area contributed by atoms with E-state index in [1.165, 1.54) is 0 Å². The summed E-state index contributed by atoms with van der Waals surface area (Å²) in [5, 5.41) is 176. The molecule has 0 spiro atoms. The Morgan fingerprint density at radius 3 is 1.20 bits per heavy atom. The molecule has 0 saturated carbocycles. The molecule has 5 aliphatic heterocycles. The number of hydrogen-bond acceptors (Lipinski definition) is 26. The average molecular weight is 829 g/mol. The van der Waals surface area contributed by atoms with Gasteiger partial charge in [0.2, 0.25) is 23.1 Å². The molecule has 17 N–H and O–H groups in total. The van der Waals surface area contributed by atoms with Crippen molar-refractivity contribution < 1.29 is 129 Å². The van der Waals surface area contributed by atoms with Crippen LogP contribution in [0.2, 0.25) is 0 Å². The maximum absolute atomic E-state index is 11.4. The van der Waals surface area contributed by atoms with Crippen LogP contribution in [0.3, 0.4) is 0 Å². The maximum atomic E-state index is 11.4. The molecule has 5 fully saturated rings. The predicted molar refractivity (Wildman–Crippen MR) is 167 cm³/mol. The van der Waals surface area contributed by atoms with Gasteiger partial charge in [-0.25, -0.2) is 0 Å². The molecule has 0 aliphatic carbocycles. The second kappa shape index (κ2) is 17.9. The third-order valence-corrected chi connectivity index (χ3v) is 10.7. The lowest BCUT2D eigenvalue weighted by molar-refractivity contribution is -0.386. The zero-order chi connectivity index (χ0) is 41.5. The SMILES string of the molecule is OCC1O[C@H](O[C@]2(CO)O[C@H](CO[C@]3(CO[C@]4(CO)O[C@H](CO)[C@H](O)C4O)O[C@H](CO[C@]4(CO)O[C@H](CO)[C@H](O)C4O)[C@H](O)C3O)[C@H](O)C2O)C(O)[C@H](O)[C@@H]1O. The van der Waals surface area contributed by atoms with E-state index in [-0.39, 0.29) is 0 Å².